The van der Waals surface area contributed by atoms with Crippen LogP contribution >= 0.6 is 0 Å². The van der Waals surface area contributed by atoms with Crippen LogP contribution in [0.4, 0.5) is 0 Å². The van der Waals surface area contributed by atoms with Crippen LogP contribution in [0.15, 0.2) is 24.5 Å². The minimum atomic E-state index is -0.459. The zero-order valence-corrected chi connectivity index (χ0v) is 16.1. The number of esters is 1. The van der Waals surface area contributed by atoms with E-state index in [-0.39, 0.29) is 18.8 Å². The SMILES string of the molecule is Cc1nc2ncnn2c(C)c1CC(=O)OCC(=O)c1ccc2c(c1)CCCC2. The van der Waals surface area contributed by atoms with Gasteiger partial charge in [-0.2, -0.15) is 10.1 Å². The van der Waals surface area contributed by atoms with E-state index >= 15 is 0 Å². The predicted molar refractivity (Wildman–Crippen MR) is 102 cm³/mol. The normalized spacial score (nSPS) is 13.4. The molecule has 0 saturated carbocycles. The fourth-order valence-corrected chi connectivity index (χ4v) is 3.74. The van der Waals surface area contributed by atoms with Gasteiger partial charge in [-0.15, -0.1) is 0 Å². The molecule has 0 N–H and O–H groups in total. The van der Waals surface area contributed by atoms with Gasteiger partial charge >= 0.3 is 5.97 Å². The van der Waals surface area contributed by atoms with Crippen molar-refractivity contribution in [1.82, 2.24) is 19.6 Å². The third-order valence-electron chi connectivity index (χ3n) is 5.34. The Bertz CT molecular complexity index is 1070. The number of carbonyl (C=O) groups is 2. The summed E-state index contributed by atoms with van der Waals surface area (Å²) >= 11 is 0. The number of Topliss-reactive ketones (excluding diaryl/α,β-unsaturated/α-hetero) is 1. The van der Waals surface area contributed by atoms with E-state index in [0.717, 1.165) is 30.5 Å². The van der Waals surface area contributed by atoms with Gasteiger partial charge in [-0.1, -0.05) is 12.1 Å². The van der Waals surface area contributed by atoms with Crippen molar-refractivity contribution < 1.29 is 14.3 Å². The van der Waals surface area contributed by atoms with Gasteiger partial charge in [0, 0.05) is 22.5 Å². The maximum Gasteiger partial charge on any atom is 0.310 e. The lowest BCUT2D eigenvalue weighted by molar-refractivity contribution is -0.141. The molecule has 3 aromatic rings. The zero-order valence-electron chi connectivity index (χ0n) is 16.1. The quantitative estimate of drug-likeness (QED) is 0.501. The molecule has 0 spiro atoms. The number of fused-ring (bicyclic) bond motifs is 2. The highest BCUT2D eigenvalue weighted by Gasteiger charge is 2.17. The van der Waals surface area contributed by atoms with E-state index in [1.165, 1.54) is 23.9 Å². The van der Waals surface area contributed by atoms with Gasteiger partial charge in [0.2, 0.25) is 0 Å². The third-order valence-corrected chi connectivity index (χ3v) is 5.34. The van der Waals surface area contributed by atoms with Crippen LogP contribution in [0.3, 0.4) is 0 Å². The molecular weight excluding hydrogens is 356 g/mol. The average Bonchev–Trinajstić information content (AvgIpc) is 3.17. The monoisotopic (exact) mass is 378 g/mol. The highest BCUT2D eigenvalue weighted by molar-refractivity contribution is 5.98. The first-order chi connectivity index (χ1) is 13.5. The third kappa shape index (κ3) is 3.52. The van der Waals surface area contributed by atoms with Crippen LogP contribution < -0.4 is 0 Å². The van der Waals surface area contributed by atoms with Crippen LogP contribution in [0.2, 0.25) is 0 Å². The summed E-state index contributed by atoms with van der Waals surface area (Å²) in [7, 11) is 0. The molecule has 0 amide bonds. The van der Waals surface area contributed by atoms with Crippen molar-refractivity contribution >= 4 is 17.5 Å². The van der Waals surface area contributed by atoms with E-state index in [2.05, 4.69) is 15.1 Å². The van der Waals surface area contributed by atoms with Crippen molar-refractivity contribution in [2.75, 3.05) is 6.61 Å². The Morgan fingerprint density at radius 1 is 1.14 bits per heavy atom. The van der Waals surface area contributed by atoms with Crippen molar-refractivity contribution in [1.29, 1.82) is 0 Å². The number of hydrogen-bond acceptors (Lipinski definition) is 6. The van der Waals surface area contributed by atoms with Crippen LogP contribution in [0.25, 0.3) is 5.78 Å². The second-order valence-corrected chi connectivity index (χ2v) is 7.18. The highest BCUT2D eigenvalue weighted by Crippen LogP contribution is 2.22. The molecule has 1 aromatic carbocycles. The second-order valence-electron chi connectivity index (χ2n) is 7.18. The molecule has 0 fully saturated rings. The van der Waals surface area contributed by atoms with Gasteiger partial charge < -0.3 is 4.74 Å². The molecule has 1 aliphatic rings. The smallest absolute Gasteiger partial charge is 0.310 e. The predicted octanol–water partition coefficient (Wildman–Crippen LogP) is 2.59. The van der Waals surface area contributed by atoms with Crippen molar-refractivity contribution in [2.24, 2.45) is 0 Å². The Hall–Kier alpha value is -3.09. The van der Waals surface area contributed by atoms with Crippen molar-refractivity contribution in [3.8, 4) is 0 Å². The summed E-state index contributed by atoms with van der Waals surface area (Å²) in [4.78, 5) is 33.2. The summed E-state index contributed by atoms with van der Waals surface area (Å²) in [6.07, 6.45) is 5.90. The summed E-state index contributed by atoms with van der Waals surface area (Å²) in [5.74, 6) is -0.145. The molecule has 4 rings (SSSR count). The maximum absolute atomic E-state index is 12.4. The number of hydrogen-bond donors (Lipinski definition) is 0. The molecule has 1 aliphatic carbocycles. The van der Waals surface area contributed by atoms with Gasteiger partial charge in [0.25, 0.3) is 5.78 Å². The number of aromatic nitrogens is 4. The van der Waals surface area contributed by atoms with Gasteiger partial charge in [-0.05, 0) is 56.7 Å². The van der Waals surface area contributed by atoms with Crippen LogP contribution in [-0.2, 0) is 28.8 Å². The summed E-state index contributed by atoms with van der Waals surface area (Å²) in [5, 5.41) is 4.11. The first-order valence-corrected chi connectivity index (χ1v) is 9.49. The first-order valence-electron chi connectivity index (χ1n) is 9.49. The molecule has 28 heavy (non-hydrogen) atoms. The Labute approximate surface area is 162 Å². The molecule has 2 aromatic heterocycles. The lowest BCUT2D eigenvalue weighted by Gasteiger charge is -2.16. The number of carbonyl (C=O) groups excluding carboxylic acids is 2. The molecule has 0 aliphatic heterocycles. The summed E-state index contributed by atoms with van der Waals surface area (Å²) in [6, 6.07) is 5.80. The fraction of sp³-hybridized carbons (Fsp3) is 0.381. The molecular formula is C21H22N4O3. The lowest BCUT2D eigenvalue weighted by Crippen LogP contribution is -2.18. The van der Waals surface area contributed by atoms with Crippen molar-refractivity contribution in [3.05, 3.63) is 58.2 Å². The standard InChI is InChI=1S/C21H22N4O3/c1-13-18(14(2)25-21(24-13)22-12-23-25)10-20(27)28-11-19(26)17-8-7-15-5-3-4-6-16(15)9-17/h7-9,12H,3-6,10-11H2,1-2H3. The molecule has 144 valence electrons. The summed E-state index contributed by atoms with van der Waals surface area (Å²) < 4.78 is 6.84. The lowest BCUT2D eigenvalue weighted by atomic mass is 9.90. The van der Waals surface area contributed by atoms with E-state index in [4.69, 9.17) is 4.74 Å². The van der Waals surface area contributed by atoms with Gasteiger partial charge in [0.05, 0.1) is 6.42 Å². The molecule has 2 heterocycles. The number of ketones is 1. The van der Waals surface area contributed by atoms with Crippen LogP contribution in [-0.4, -0.2) is 37.9 Å². The van der Waals surface area contributed by atoms with E-state index in [0.29, 0.717) is 17.0 Å². The Morgan fingerprint density at radius 3 is 2.75 bits per heavy atom. The number of rotatable bonds is 5. The fourth-order valence-electron chi connectivity index (χ4n) is 3.74. The van der Waals surface area contributed by atoms with E-state index in [1.54, 1.807) is 4.52 Å². The van der Waals surface area contributed by atoms with Crippen molar-refractivity contribution in [2.45, 2.75) is 46.0 Å². The van der Waals surface area contributed by atoms with Gasteiger partial charge in [-0.3, -0.25) is 9.59 Å². The maximum atomic E-state index is 12.4. The molecule has 0 radical (unpaired) electrons. The van der Waals surface area contributed by atoms with Crippen LogP contribution in [0, 0.1) is 13.8 Å². The summed E-state index contributed by atoms with van der Waals surface area (Å²) in [6.45, 7) is 3.43. The van der Waals surface area contributed by atoms with E-state index in [9.17, 15) is 9.59 Å². The number of nitrogens with zero attached hydrogens (tertiary/aromatic N) is 4. The molecule has 0 saturated heterocycles. The van der Waals surface area contributed by atoms with Gasteiger partial charge in [-0.25, -0.2) is 9.50 Å². The second kappa shape index (κ2) is 7.50. The molecule has 7 heteroatoms. The van der Waals surface area contributed by atoms with Crippen LogP contribution in [0.1, 0.15) is 51.3 Å². The largest absolute Gasteiger partial charge is 0.457 e. The number of ether oxygens (including phenoxy) is 1. The first kappa shape index (κ1) is 18.3. The van der Waals surface area contributed by atoms with E-state index in [1.807, 2.05) is 32.0 Å². The summed E-state index contributed by atoms with van der Waals surface area (Å²) in [5.41, 5.74) is 5.40. The Balaban J connectivity index is 1.41. The van der Waals surface area contributed by atoms with E-state index < -0.39 is 5.97 Å². The van der Waals surface area contributed by atoms with Crippen LogP contribution in [0.5, 0.6) is 0 Å². The number of benzene rings is 1. The van der Waals surface area contributed by atoms with Gasteiger partial charge in [0.15, 0.2) is 12.4 Å². The Morgan fingerprint density at radius 2 is 1.93 bits per heavy atom. The Kier molecular flexibility index (Phi) is 4.90. The van der Waals surface area contributed by atoms with Gasteiger partial charge in [0.1, 0.15) is 6.33 Å². The molecule has 7 nitrogen and oxygen atoms in total. The minimum Gasteiger partial charge on any atom is -0.457 e. The molecule has 0 atom stereocenters. The van der Waals surface area contributed by atoms with Crippen molar-refractivity contribution in [3.63, 3.8) is 0 Å². The molecule has 0 unspecified atom stereocenters. The average molecular weight is 378 g/mol. The zero-order chi connectivity index (χ0) is 19.7. The molecule has 0 bridgehead atoms. The number of aryl methyl sites for hydroxylation is 4. The minimum absolute atomic E-state index is 0.0396. The highest BCUT2D eigenvalue weighted by atomic mass is 16.5. The topological polar surface area (TPSA) is 86.4 Å².